The molecule has 2 aromatic carbocycles. The van der Waals surface area contributed by atoms with Crippen LogP contribution in [-0.2, 0) is 21.9 Å². The molecule has 0 spiro atoms. The lowest BCUT2D eigenvalue weighted by atomic mass is 10.1. The zero-order chi connectivity index (χ0) is 21.9. The van der Waals surface area contributed by atoms with Crippen LogP contribution in [-0.4, -0.2) is 35.1 Å². The molecule has 162 valence electrons. The standard InChI is InChI=1S/C23H28F2N2O2S/c1-3-4-13-26-23(29)17(2)27(14-18-9-5-7-11-20(18)24)22(28)16-30-15-19-10-6-8-12-21(19)25/h5-12,17H,3-4,13-16H2,1-2H3,(H,26,29). The van der Waals surface area contributed by atoms with E-state index in [2.05, 4.69) is 5.32 Å². The van der Waals surface area contributed by atoms with E-state index in [1.807, 2.05) is 6.92 Å². The molecule has 0 aliphatic rings. The van der Waals surface area contributed by atoms with Crippen LogP contribution in [0.5, 0.6) is 0 Å². The molecular formula is C23H28F2N2O2S. The lowest BCUT2D eigenvalue weighted by Gasteiger charge is -2.29. The van der Waals surface area contributed by atoms with Crippen LogP contribution in [0.25, 0.3) is 0 Å². The molecule has 0 fully saturated rings. The van der Waals surface area contributed by atoms with Crippen LogP contribution in [0.4, 0.5) is 8.78 Å². The van der Waals surface area contributed by atoms with Crippen molar-refractivity contribution >= 4 is 23.6 Å². The molecule has 2 amide bonds. The van der Waals surface area contributed by atoms with Gasteiger partial charge in [-0.1, -0.05) is 49.7 Å². The van der Waals surface area contributed by atoms with Crippen molar-refractivity contribution in [3.63, 3.8) is 0 Å². The van der Waals surface area contributed by atoms with E-state index in [0.29, 0.717) is 23.4 Å². The number of halogens is 2. The first-order chi connectivity index (χ1) is 14.4. The molecule has 0 saturated heterocycles. The Morgan fingerprint density at radius 2 is 1.63 bits per heavy atom. The van der Waals surface area contributed by atoms with Crippen LogP contribution in [0.15, 0.2) is 48.5 Å². The van der Waals surface area contributed by atoms with Crippen LogP contribution < -0.4 is 5.32 Å². The van der Waals surface area contributed by atoms with Crippen molar-refractivity contribution < 1.29 is 18.4 Å². The van der Waals surface area contributed by atoms with Gasteiger partial charge in [-0.25, -0.2) is 8.78 Å². The van der Waals surface area contributed by atoms with Gasteiger partial charge in [0, 0.05) is 24.4 Å². The first kappa shape index (κ1) is 23.9. The number of carbonyl (C=O) groups is 2. The molecule has 0 aliphatic heterocycles. The van der Waals surface area contributed by atoms with Crippen molar-refractivity contribution in [1.82, 2.24) is 10.2 Å². The minimum Gasteiger partial charge on any atom is -0.354 e. The maximum absolute atomic E-state index is 14.2. The molecular weight excluding hydrogens is 406 g/mol. The van der Waals surface area contributed by atoms with Gasteiger partial charge in [-0.05, 0) is 31.0 Å². The minimum atomic E-state index is -0.747. The number of thioether (sulfide) groups is 1. The number of nitrogens with one attached hydrogen (secondary N) is 1. The normalized spacial score (nSPS) is 11.7. The number of hydrogen-bond acceptors (Lipinski definition) is 3. The van der Waals surface area contributed by atoms with E-state index >= 15 is 0 Å². The van der Waals surface area contributed by atoms with E-state index in [0.717, 1.165) is 12.8 Å². The number of unbranched alkanes of at least 4 members (excludes halogenated alkanes) is 1. The summed E-state index contributed by atoms with van der Waals surface area (Å²) in [5.74, 6) is -0.902. The van der Waals surface area contributed by atoms with Gasteiger partial charge in [-0.2, -0.15) is 0 Å². The van der Waals surface area contributed by atoms with E-state index in [-0.39, 0.29) is 29.9 Å². The summed E-state index contributed by atoms with van der Waals surface area (Å²) in [4.78, 5) is 26.8. The fraction of sp³-hybridized carbons (Fsp3) is 0.391. The van der Waals surface area contributed by atoms with Crippen LogP contribution in [0.2, 0.25) is 0 Å². The number of hydrogen-bond donors (Lipinski definition) is 1. The van der Waals surface area contributed by atoms with E-state index < -0.39 is 11.9 Å². The zero-order valence-electron chi connectivity index (χ0n) is 17.4. The second kappa shape index (κ2) is 12.3. The number of nitrogens with zero attached hydrogens (tertiary/aromatic N) is 1. The van der Waals surface area contributed by atoms with Gasteiger partial charge in [0.05, 0.1) is 5.75 Å². The zero-order valence-corrected chi connectivity index (χ0v) is 18.2. The summed E-state index contributed by atoms with van der Waals surface area (Å²) in [6, 6.07) is 11.9. The summed E-state index contributed by atoms with van der Waals surface area (Å²) < 4.78 is 27.9. The monoisotopic (exact) mass is 434 g/mol. The molecule has 1 N–H and O–H groups in total. The van der Waals surface area contributed by atoms with Gasteiger partial charge in [-0.15, -0.1) is 11.8 Å². The third kappa shape index (κ3) is 7.13. The van der Waals surface area contributed by atoms with Crippen LogP contribution in [0.1, 0.15) is 37.8 Å². The molecule has 0 aromatic heterocycles. The van der Waals surface area contributed by atoms with Crippen LogP contribution in [0.3, 0.4) is 0 Å². The van der Waals surface area contributed by atoms with Gasteiger partial charge in [-0.3, -0.25) is 9.59 Å². The van der Waals surface area contributed by atoms with Gasteiger partial charge < -0.3 is 10.2 Å². The van der Waals surface area contributed by atoms with Crippen molar-refractivity contribution in [2.75, 3.05) is 12.3 Å². The summed E-state index contributed by atoms with van der Waals surface area (Å²) in [5.41, 5.74) is 0.861. The predicted octanol–water partition coefficient (Wildman–Crippen LogP) is 4.53. The molecule has 1 atom stereocenters. The van der Waals surface area contributed by atoms with Crippen molar-refractivity contribution in [1.29, 1.82) is 0 Å². The lowest BCUT2D eigenvalue weighted by Crippen LogP contribution is -2.48. The largest absolute Gasteiger partial charge is 0.354 e. The van der Waals surface area contributed by atoms with Crippen molar-refractivity contribution in [2.24, 2.45) is 0 Å². The third-order valence-electron chi connectivity index (χ3n) is 4.74. The highest BCUT2D eigenvalue weighted by atomic mass is 32.2. The Morgan fingerprint density at radius 3 is 2.23 bits per heavy atom. The molecule has 4 nitrogen and oxygen atoms in total. The molecule has 0 heterocycles. The number of benzene rings is 2. The topological polar surface area (TPSA) is 49.4 Å². The minimum absolute atomic E-state index is 0.00582. The average molecular weight is 435 g/mol. The predicted molar refractivity (Wildman–Crippen MR) is 117 cm³/mol. The lowest BCUT2D eigenvalue weighted by molar-refractivity contribution is -0.138. The summed E-state index contributed by atoms with van der Waals surface area (Å²) in [6.45, 7) is 4.19. The molecule has 0 saturated carbocycles. The van der Waals surface area contributed by atoms with Gasteiger partial charge in [0.2, 0.25) is 11.8 Å². The Balaban J connectivity index is 2.07. The maximum atomic E-state index is 14.2. The first-order valence-corrected chi connectivity index (χ1v) is 11.2. The van der Waals surface area contributed by atoms with Gasteiger partial charge in [0.15, 0.2) is 0 Å². The Labute approximate surface area is 181 Å². The van der Waals surface area contributed by atoms with Gasteiger partial charge >= 0.3 is 0 Å². The number of amides is 2. The molecule has 1 unspecified atom stereocenters. The molecule has 2 rings (SSSR count). The van der Waals surface area contributed by atoms with Crippen molar-refractivity contribution in [2.45, 2.75) is 45.0 Å². The van der Waals surface area contributed by atoms with Crippen molar-refractivity contribution in [3.05, 3.63) is 71.3 Å². The molecule has 7 heteroatoms. The highest BCUT2D eigenvalue weighted by Crippen LogP contribution is 2.18. The summed E-state index contributed by atoms with van der Waals surface area (Å²) in [5, 5.41) is 2.83. The first-order valence-electron chi connectivity index (χ1n) is 10.1. The number of rotatable bonds is 11. The highest BCUT2D eigenvalue weighted by Gasteiger charge is 2.26. The second-order valence-electron chi connectivity index (χ2n) is 7.02. The Bertz CT molecular complexity index is 847. The van der Waals surface area contributed by atoms with Crippen LogP contribution in [0, 0.1) is 11.6 Å². The van der Waals surface area contributed by atoms with Crippen LogP contribution >= 0.6 is 11.8 Å². The molecule has 30 heavy (non-hydrogen) atoms. The average Bonchev–Trinajstić information content (AvgIpc) is 2.74. The maximum Gasteiger partial charge on any atom is 0.242 e. The van der Waals surface area contributed by atoms with E-state index in [1.54, 1.807) is 43.3 Å². The fourth-order valence-electron chi connectivity index (χ4n) is 2.88. The van der Waals surface area contributed by atoms with Gasteiger partial charge in [0.1, 0.15) is 17.7 Å². The summed E-state index contributed by atoms with van der Waals surface area (Å²) >= 11 is 1.27. The molecule has 2 aromatic rings. The van der Waals surface area contributed by atoms with Crippen molar-refractivity contribution in [3.8, 4) is 0 Å². The number of carbonyl (C=O) groups excluding carboxylic acids is 2. The SMILES string of the molecule is CCCCNC(=O)C(C)N(Cc1ccccc1F)C(=O)CSCc1ccccc1F. The second-order valence-corrected chi connectivity index (χ2v) is 8.00. The quantitative estimate of drug-likeness (QED) is 0.529. The smallest absolute Gasteiger partial charge is 0.242 e. The summed E-state index contributed by atoms with van der Waals surface area (Å²) in [7, 11) is 0. The Kier molecular flexibility index (Phi) is 9.80. The third-order valence-corrected chi connectivity index (χ3v) is 5.70. The molecule has 0 bridgehead atoms. The Hall–Kier alpha value is -2.41. The Morgan fingerprint density at radius 1 is 1.03 bits per heavy atom. The fourth-order valence-corrected chi connectivity index (χ4v) is 3.77. The summed E-state index contributed by atoms with van der Waals surface area (Å²) in [6.07, 6.45) is 1.79. The highest BCUT2D eigenvalue weighted by molar-refractivity contribution is 7.99. The van der Waals surface area contributed by atoms with E-state index in [4.69, 9.17) is 0 Å². The molecule has 0 aliphatic carbocycles. The van der Waals surface area contributed by atoms with E-state index in [1.165, 1.54) is 28.8 Å². The molecule has 0 radical (unpaired) electrons. The van der Waals surface area contributed by atoms with Gasteiger partial charge in [0.25, 0.3) is 0 Å². The van der Waals surface area contributed by atoms with E-state index in [9.17, 15) is 18.4 Å².